The van der Waals surface area contributed by atoms with Crippen molar-refractivity contribution in [3.8, 4) is 5.75 Å². The summed E-state index contributed by atoms with van der Waals surface area (Å²) in [6.07, 6.45) is 1.08. The summed E-state index contributed by atoms with van der Waals surface area (Å²) in [5, 5.41) is 11.3. The average molecular weight is 283 g/mol. The van der Waals surface area contributed by atoms with E-state index in [4.69, 9.17) is 9.84 Å². The summed E-state index contributed by atoms with van der Waals surface area (Å²) in [6.45, 7) is 1.82. The number of carbonyl (C=O) groups excluding carboxylic acids is 1. The summed E-state index contributed by atoms with van der Waals surface area (Å²) < 4.78 is 18.0. The molecule has 1 unspecified atom stereocenters. The van der Waals surface area contributed by atoms with Crippen LogP contribution in [0.1, 0.15) is 19.8 Å². The number of hydrogen-bond donors (Lipinski definition) is 2. The molecule has 1 aromatic carbocycles. The third kappa shape index (κ3) is 6.17. The number of carboxylic acid groups (broad SMARTS) is 1. The van der Waals surface area contributed by atoms with Crippen LogP contribution in [0.2, 0.25) is 0 Å². The third-order valence-electron chi connectivity index (χ3n) is 2.72. The molecule has 0 fully saturated rings. The van der Waals surface area contributed by atoms with Crippen LogP contribution in [0.3, 0.4) is 0 Å². The lowest BCUT2D eigenvalue weighted by atomic mass is 10.1. The predicted molar refractivity (Wildman–Crippen MR) is 70.9 cm³/mol. The van der Waals surface area contributed by atoms with Gasteiger partial charge in [-0.15, -0.1) is 0 Å². The van der Waals surface area contributed by atoms with Gasteiger partial charge in [-0.25, -0.2) is 4.39 Å². The molecule has 1 rings (SSSR count). The van der Waals surface area contributed by atoms with Crippen LogP contribution in [0.5, 0.6) is 5.75 Å². The van der Waals surface area contributed by atoms with Gasteiger partial charge in [-0.3, -0.25) is 9.59 Å². The molecule has 1 amide bonds. The van der Waals surface area contributed by atoms with Crippen molar-refractivity contribution in [3.63, 3.8) is 0 Å². The number of nitrogens with one attached hydrogen (secondary N) is 1. The molecule has 0 saturated carbocycles. The first-order chi connectivity index (χ1) is 9.49. The normalized spacial score (nSPS) is 11.7. The van der Waals surface area contributed by atoms with Gasteiger partial charge in [-0.1, -0.05) is 13.0 Å². The fraction of sp³-hybridized carbons (Fsp3) is 0.429. The standard InChI is InChI=1S/C14H18FNO4/c1-10(14(18)19)4-3-7-16-13(17)9-20-12-6-2-5-11(15)8-12/h2,5-6,8,10H,3-4,7,9H2,1H3,(H,16,17)(H,18,19). The monoisotopic (exact) mass is 283 g/mol. The van der Waals surface area contributed by atoms with Crippen molar-refractivity contribution in [2.24, 2.45) is 5.92 Å². The van der Waals surface area contributed by atoms with Crippen LogP contribution < -0.4 is 10.1 Å². The highest BCUT2D eigenvalue weighted by Gasteiger charge is 2.10. The molecule has 6 heteroatoms. The number of carboxylic acids is 1. The van der Waals surface area contributed by atoms with Crippen molar-refractivity contribution in [1.29, 1.82) is 0 Å². The Morgan fingerprint density at radius 1 is 1.45 bits per heavy atom. The quantitative estimate of drug-likeness (QED) is 0.714. The highest BCUT2D eigenvalue weighted by molar-refractivity contribution is 5.77. The Labute approximate surface area is 116 Å². The molecule has 0 heterocycles. The van der Waals surface area contributed by atoms with E-state index in [1.165, 1.54) is 18.2 Å². The fourth-order valence-corrected chi connectivity index (χ4v) is 1.52. The summed E-state index contributed by atoms with van der Waals surface area (Å²) in [5.74, 6) is -1.72. The molecule has 110 valence electrons. The second-order valence-corrected chi connectivity index (χ2v) is 4.48. The van der Waals surface area contributed by atoms with Gasteiger partial charge in [0.1, 0.15) is 11.6 Å². The molecule has 1 aromatic rings. The van der Waals surface area contributed by atoms with E-state index < -0.39 is 17.7 Å². The number of carbonyl (C=O) groups is 2. The van der Waals surface area contributed by atoms with Crippen LogP contribution in [-0.2, 0) is 9.59 Å². The van der Waals surface area contributed by atoms with Crippen LogP contribution in [-0.4, -0.2) is 30.1 Å². The molecule has 0 aromatic heterocycles. The van der Waals surface area contributed by atoms with E-state index in [2.05, 4.69) is 5.32 Å². The number of halogens is 1. The van der Waals surface area contributed by atoms with E-state index in [1.807, 2.05) is 0 Å². The van der Waals surface area contributed by atoms with Crippen LogP contribution >= 0.6 is 0 Å². The lowest BCUT2D eigenvalue weighted by Gasteiger charge is -2.08. The van der Waals surface area contributed by atoms with Gasteiger partial charge in [0.15, 0.2) is 6.61 Å². The van der Waals surface area contributed by atoms with Crippen molar-refractivity contribution in [2.75, 3.05) is 13.2 Å². The zero-order valence-corrected chi connectivity index (χ0v) is 11.3. The SMILES string of the molecule is CC(CCCNC(=O)COc1cccc(F)c1)C(=O)O. The summed E-state index contributed by atoms with van der Waals surface area (Å²) in [5.41, 5.74) is 0. The minimum Gasteiger partial charge on any atom is -0.484 e. The second kappa shape index (κ2) is 8.14. The summed E-state index contributed by atoms with van der Waals surface area (Å²) in [4.78, 5) is 22.0. The molecular weight excluding hydrogens is 265 g/mol. The molecule has 0 saturated heterocycles. The molecular formula is C14H18FNO4. The lowest BCUT2D eigenvalue weighted by molar-refractivity contribution is -0.141. The first-order valence-corrected chi connectivity index (χ1v) is 6.37. The van der Waals surface area contributed by atoms with E-state index in [0.29, 0.717) is 25.1 Å². The van der Waals surface area contributed by atoms with E-state index in [9.17, 15) is 14.0 Å². The number of benzene rings is 1. The van der Waals surface area contributed by atoms with E-state index in [0.717, 1.165) is 0 Å². The van der Waals surface area contributed by atoms with Gasteiger partial charge >= 0.3 is 5.97 Å². The predicted octanol–water partition coefficient (Wildman–Crippen LogP) is 1.82. The molecule has 1 atom stereocenters. The third-order valence-corrected chi connectivity index (χ3v) is 2.72. The summed E-state index contributed by atoms with van der Waals surface area (Å²) in [7, 11) is 0. The van der Waals surface area contributed by atoms with Gasteiger partial charge in [0.2, 0.25) is 0 Å². The molecule has 0 radical (unpaired) electrons. The number of aliphatic carboxylic acids is 1. The number of rotatable bonds is 8. The smallest absolute Gasteiger partial charge is 0.306 e. The maximum absolute atomic E-state index is 12.9. The van der Waals surface area contributed by atoms with Gasteiger partial charge in [-0.05, 0) is 25.0 Å². The van der Waals surface area contributed by atoms with Gasteiger partial charge < -0.3 is 15.2 Å². The zero-order valence-electron chi connectivity index (χ0n) is 11.3. The van der Waals surface area contributed by atoms with Crippen molar-refractivity contribution >= 4 is 11.9 Å². The molecule has 0 spiro atoms. The van der Waals surface area contributed by atoms with Gasteiger partial charge in [0, 0.05) is 12.6 Å². The van der Waals surface area contributed by atoms with Crippen molar-refractivity contribution in [3.05, 3.63) is 30.1 Å². The van der Waals surface area contributed by atoms with E-state index >= 15 is 0 Å². The molecule has 5 nitrogen and oxygen atoms in total. The van der Waals surface area contributed by atoms with Crippen molar-refractivity contribution in [2.45, 2.75) is 19.8 Å². The minimum atomic E-state index is -0.842. The van der Waals surface area contributed by atoms with E-state index in [-0.39, 0.29) is 12.5 Å². The topological polar surface area (TPSA) is 75.6 Å². The molecule has 0 aliphatic heterocycles. The maximum atomic E-state index is 12.9. The summed E-state index contributed by atoms with van der Waals surface area (Å²) >= 11 is 0. The van der Waals surface area contributed by atoms with Crippen LogP contribution in [0.15, 0.2) is 24.3 Å². The highest BCUT2D eigenvalue weighted by atomic mass is 19.1. The largest absolute Gasteiger partial charge is 0.484 e. The first kappa shape index (κ1) is 15.9. The number of ether oxygens (including phenoxy) is 1. The molecule has 2 N–H and O–H groups in total. The maximum Gasteiger partial charge on any atom is 0.306 e. The Hall–Kier alpha value is -2.11. The minimum absolute atomic E-state index is 0.196. The number of amides is 1. The fourth-order valence-electron chi connectivity index (χ4n) is 1.52. The Kier molecular flexibility index (Phi) is 6.49. The Bertz CT molecular complexity index is 464. The van der Waals surface area contributed by atoms with Crippen molar-refractivity contribution in [1.82, 2.24) is 5.32 Å². The first-order valence-electron chi connectivity index (χ1n) is 6.37. The van der Waals surface area contributed by atoms with Crippen LogP contribution in [0, 0.1) is 11.7 Å². The number of hydrogen-bond acceptors (Lipinski definition) is 3. The van der Waals surface area contributed by atoms with Gasteiger partial charge in [0.05, 0.1) is 5.92 Å². The van der Waals surface area contributed by atoms with Crippen molar-refractivity contribution < 1.29 is 23.8 Å². The zero-order chi connectivity index (χ0) is 15.0. The van der Waals surface area contributed by atoms with E-state index in [1.54, 1.807) is 13.0 Å². The Morgan fingerprint density at radius 2 is 2.20 bits per heavy atom. The van der Waals surface area contributed by atoms with Crippen LogP contribution in [0.25, 0.3) is 0 Å². The average Bonchev–Trinajstić information content (AvgIpc) is 2.41. The second-order valence-electron chi connectivity index (χ2n) is 4.48. The molecule has 20 heavy (non-hydrogen) atoms. The molecule has 0 aliphatic rings. The Morgan fingerprint density at radius 3 is 2.85 bits per heavy atom. The summed E-state index contributed by atoms with van der Waals surface area (Å²) in [6, 6.07) is 5.54. The highest BCUT2D eigenvalue weighted by Crippen LogP contribution is 2.11. The van der Waals surface area contributed by atoms with Gasteiger partial charge in [-0.2, -0.15) is 0 Å². The molecule has 0 bridgehead atoms. The van der Waals surface area contributed by atoms with Gasteiger partial charge in [0.25, 0.3) is 5.91 Å². The van der Waals surface area contributed by atoms with Crippen LogP contribution in [0.4, 0.5) is 4.39 Å². The molecule has 0 aliphatic carbocycles. The lowest BCUT2D eigenvalue weighted by Crippen LogP contribution is -2.30. The Balaban J connectivity index is 2.16.